The summed E-state index contributed by atoms with van der Waals surface area (Å²) in [5.74, 6) is 5.21. The van der Waals surface area contributed by atoms with E-state index in [0.717, 1.165) is 5.56 Å². The van der Waals surface area contributed by atoms with Gasteiger partial charge in [0.25, 0.3) is 5.91 Å². The fourth-order valence-corrected chi connectivity index (χ4v) is 2.60. The molecule has 0 aliphatic carbocycles. The lowest BCUT2D eigenvalue weighted by atomic mass is 10.2. The van der Waals surface area contributed by atoms with Gasteiger partial charge in [-0.25, -0.2) is 5.84 Å². The van der Waals surface area contributed by atoms with Crippen molar-refractivity contribution in [1.82, 2.24) is 5.43 Å². The highest BCUT2D eigenvalue weighted by atomic mass is 35.5. The topological polar surface area (TPSA) is 88.1 Å². The molecule has 1 aromatic heterocycles. The number of rotatable bonds is 4. The first-order chi connectivity index (χ1) is 9.65. The molecule has 102 valence electrons. The molecule has 1 heterocycles. The van der Waals surface area contributed by atoms with Gasteiger partial charge in [0.2, 0.25) is 0 Å². The van der Waals surface area contributed by atoms with Crippen LogP contribution in [0.4, 0.5) is 0 Å². The molecule has 0 aliphatic heterocycles. The maximum absolute atomic E-state index is 11.5. The molecule has 2 aromatic rings. The first-order valence-electron chi connectivity index (χ1n) is 5.55. The van der Waals surface area contributed by atoms with E-state index in [-0.39, 0.29) is 12.5 Å². The zero-order valence-electron chi connectivity index (χ0n) is 10.2. The maximum atomic E-state index is 11.5. The minimum absolute atomic E-state index is 0.192. The summed E-state index contributed by atoms with van der Waals surface area (Å²) in [5.41, 5.74) is 3.27. The molecule has 0 fully saturated rings. The van der Waals surface area contributed by atoms with Crippen LogP contribution >= 0.6 is 22.9 Å². The number of thiophene rings is 1. The number of nitrogens with one attached hydrogen (secondary N) is 1. The minimum atomic E-state index is -0.357. The van der Waals surface area contributed by atoms with Crippen LogP contribution in [0, 0.1) is 11.3 Å². The van der Waals surface area contributed by atoms with E-state index in [0.29, 0.717) is 21.2 Å². The third kappa shape index (κ3) is 3.08. The number of halogens is 1. The largest absolute Gasteiger partial charge is 0.487 e. The van der Waals surface area contributed by atoms with Crippen molar-refractivity contribution < 1.29 is 9.53 Å². The second kappa shape index (κ2) is 6.39. The van der Waals surface area contributed by atoms with Crippen molar-refractivity contribution in [3.05, 3.63) is 50.7 Å². The zero-order chi connectivity index (χ0) is 14.5. The molecular weight excluding hydrogens is 298 g/mol. The quantitative estimate of drug-likeness (QED) is 0.516. The Morgan fingerprint density at radius 3 is 2.95 bits per heavy atom. The van der Waals surface area contributed by atoms with Crippen LogP contribution in [0.2, 0.25) is 5.02 Å². The van der Waals surface area contributed by atoms with E-state index in [1.54, 1.807) is 23.6 Å². The Labute approximate surface area is 124 Å². The van der Waals surface area contributed by atoms with Crippen molar-refractivity contribution in [2.24, 2.45) is 5.84 Å². The van der Waals surface area contributed by atoms with Crippen LogP contribution in [0.15, 0.2) is 29.6 Å². The number of hydrogen-bond acceptors (Lipinski definition) is 5. The molecule has 0 spiro atoms. The average molecular weight is 308 g/mol. The summed E-state index contributed by atoms with van der Waals surface area (Å²) in [6, 6.07) is 8.54. The second-order valence-corrected chi connectivity index (χ2v) is 5.12. The SMILES string of the molecule is N#Cc1ccc(OCc2ccsc2C(=O)NN)c(Cl)c1. The Morgan fingerprint density at radius 2 is 2.30 bits per heavy atom. The molecule has 7 heteroatoms. The van der Waals surface area contributed by atoms with Crippen molar-refractivity contribution in [3.63, 3.8) is 0 Å². The van der Waals surface area contributed by atoms with Gasteiger partial charge in [-0.2, -0.15) is 5.26 Å². The fraction of sp³-hybridized carbons (Fsp3) is 0.0769. The molecular formula is C13H10ClN3O2S. The van der Waals surface area contributed by atoms with E-state index in [1.165, 1.54) is 17.4 Å². The Balaban J connectivity index is 2.12. The molecule has 1 amide bonds. The van der Waals surface area contributed by atoms with Gasteiger partial charge >= 0.3 is 0 Å². The lowest BCUT2D eigenvalue weighted by Gasteiger charge is -2.08. The summed E-state index contributed by atoms with van der Waals surface area (Å²) < 4.78 is 5.56. The van der Waals surface area contributed by atoms with Crippen molar-refractivity contribution in [3.8, 4) is 11.8 Å². The van der Waals surface area contributed by atoms with Crippen LogP contribution < -0.4 is 16.0 Å². The highest BCUT2D eigenvalue weighted by molar-refractivity contribution is 7.12. The molecule has 5 nitrogen and oxygen atoms in total. The first kappa shape index (κ1) is 14.3. The van der Waals surface area contributed by atoms with Crippen LogP contribution in [0.1, 0.15) is 20.8 Å². The van der Waals surface area contributed by atoms with Gasteiger partial charge in [-0.05, 0) is 29.6 Å². The monoisotopic (exact) mass is 307 g/mol. The number of nitriles is 1. The minimum Gasteiger partial charge on any atom is -0.487 e. The number of hydrogen-bond donors (Lipinski definition) is 2. The number of ether oxygens (including phenoxy) is 1. The first-order valence-corrected chi connectivity index (χ1v) is 6.81. The molecule has 0 aliphatic rings. The van der Waals surface area contributed by atoms with E-state index in [2.05, 4.69) is 5.43 Å². The molecule has 20 heavy (non-hydrogen) atoms. The number of benzene rings is 1. The fourth-order valence-electron chi connectivity index (χ4n) is 1.56. The van der Waals surface area contributed by atoms with E-state index in [9.17, 15) is 4.79 Å². The van der Waals surface area contributed by atoms with Crippen molar-refractivity contribution >= 4 is 28.8 Å². The maximum Gasteiger partial charge on any atom is 0.275 e. The van der Waals surface area contributed by atoms with E-state index >= 15 is 0 Å². The molecule has 0 atom stereocenters. The third-order valence-corrected chi connectivity index (χ3v) is 3.78. The van der Waals surface area contributed by atoms with Crippen LogP contribution in [-0.2, 0) is 6.61 Å². The Kier molecular flexibility index (Phi) is 4.58. The highest BCUT2D eigenvalue weighted by Gasteiger charge is 2.13. The normalized spacial score (nSPS) is 9.85. The molecule has 3 N–H and O–H groups in total. The lowest BCUT2D eigenvalue weighted by Crippen LogP contribution is -2.30. The average Bonchev–Trinajstić information content (AvgIpc) is 2.93. The molecule has 0 radical (unpaired) electrons. The van der Waals surface area contributed by atoms with Gasteiger partial charge in [0.15, 0.2) is 0 Å². The van der Waals surface area contributed by atoms with Gasteiger partial charge in [0.1, 0.15) is 12.4 Å². The lowest BCUT2D eigenvalue weighted by molar-refractivity contribution is 0.0955. The smallest absolute Gasteiger partial charge is 0.275 e. The van der Waals surface area contributed by atoms with Crippen molar-refractivity contribution in [2.75, 3.05) is 0 Å². The summed E-state index contributed by atoms with van der Waals surface area (Å²) in [5, 5.41) is 10.9. The summed E-state index contributed by atoms with van der Waals surface area (Å²) >= 11 is 7.28. The van der Waals surface area contributed by atoms with Crippen LogP contribution in [0.3, 0.4) is 0 Å². The number of carbonyl (C=O) groups excluding carboxylic acids is 1. The number of hydrazine groups is 1. The van der Waals surface area contributed by atoms with Crippen molar-refractivity contribution in [1.29, 1.82) is 5.26 Å². The predicted octanol–water partition coefficient (Wildman–Crippen LogP) is 2.46. The van der Waals surface area contributed by atoms with Crippen LogP contribution in [-0.4, -0.2) is 5.91 Å². The van der Waals surface area contributed by atoms with Crippen molar-refractivity contribution in [2.45, 2.75) is 6.61 Å². The van der Waals surface area contributed by atoms with E-state index in [1.807, 2.05) is 6.07 Å². The predicted molar refractivity (Wildman–Crippen MR) is 76.5 cm³/mol. The third-order valence-electron chi connectivity index (χ3n) is 2.53. The number of amides is 1. The van der Waals surface area contributed by atoms with Gasteiger partial charge < -0.3 is 4.74 Å². The van der Waals surface area contributed by atoms with E-state index < -0.39 is 0 Å². The second-order valence-electron chi connectivity index (χ2n) is 3.79. The van der Waals surface area contributed by atoms with Crippen LogP contribution in [0.5, 0.6) is 5.75 Å². The summed E-state index contributed by atoms with van der Waals surface area (Å²) in [4.78, 5) is 12.0. The molecule has 0 bridgehead atoms. The summed E-state index contributed by atoms with van der Waals surface area (Å²) in [6.07, 6.45) is 0. The van der Waals surface area contributed by atoms with Gasteiger partial charge in [0.05, 0.1) is 21.5 Å². The number of carbonyl (C=O) groups is 1. The van der Waals surface area contributed by atoms with Gasteiger partial charge in [0, 0.05) is 5.56 Å². The molecule has 0 saturated carbocycles. The molecule has 2 rings (SSSR count). The highest BCUT2D eigenvalue weighted by Crippen LogP contribution is 2.27. The zero-order valence-corrected chi connectivity index (χ0v) is 11.8. The molecule has 0 saturated heterocycles. The Morgan fingerprint density at radius 1 is 1.50 bits per heavy atom. The summed E-state index contributed by atoms with van der Waals surface area (Å²) in [7, 11) is 0. The number of nitrogens with two attached hydrogens (primary N) is 1. The Hall–Kier alpha value is -2.07. The van der Waals surface area contributed by atoms with Gasteiger partial charge in [-0.3, -0.25) is 10.2 Å². The number of nitrogens with zero attached hydrogens (tertiary/aromatic N) is 1. The standard InChI is InChI=1S/C13H10ClN3O2S/c14-10-5-8(6-15)1-2-11(10)19-7-9-3-4-20-12(9)13(18)17-16/h1-5H,7,16H2,(H,17,18). The molecule has 0 unspecified atom stereocenters. The van der Waals surface area contributed by atoms with E-state index in [4.69, 9.17) is 27.4 Å². The van der Waals surface area contributed by atoms with Crippen LogP contribution in [0.25, 0.3) is 0 Å². The summed E-state index contributed by atoms with van der Waals surface area (Å²) in [6.45, 7) is 0.192. The Bertz CT molecular complexity index is 678. The molecule has 1 aromatic carbocycles. The van der Waals surface area contributed by atoms with Gasteiger partial charge in [-0.15, -0.1) is 11.3 Å². The van der Waals surface area contributed by atoms with Gasteiger partial charge in [-0.1, -0.05) is 11.6 Å². The number of nitrogen functional groups attached to an aromatic ring is 1.